The average molecular weight is 393 g/mol. The number of hydrogen-bond acceptors (Lipinski definition) is 3. The molecule has 1 spiro atoms. The maximum atomic E-state index is 13.0. The molecule has 2 aromatic rings. The van der Waals surface area contributed by atoms with E-state index in [0.717, 1.165) is 47.3 Å². The first-order valence-electron chi connectivity index (χ1n) is 10.9. The number of fused-ring (bicyclic) bond motifs is 1. The Morgan fingerprint density at radius 3 is 2.55 bits per heavy atom. The van der Waals surface area contributed by atoms with Crippen LogP contribution < -0.4 is 5.32 Å². The fourth-order valence-electron chi connectivity index (χ4n) is 7.93. The Kier molecular flexibility index (Phi) is 3.38. The molecule has 152 valence electrons. The van der Waals surface area contributed by atoms with Crippen LogP contribution in [0, 0.1) is 34.5 Å². The smallest absolute Gasteiger partial charge is 0.290 e. The van der Waals surface area contributed by atoms with E-state index in [0.29, 0.717) is 16.7 Å². The quantitative estimate of drug-likeness (QED) is 0.781. The summed E-state index contributed by atoms with van der Waals surface area (Å²) in [6.45, 7) is 2.90. The van der Waals surface area contributed by atoms with Crippen molar-refractivity contribution in [1.29, 1.82) is 0 Å². The van der Waals surface area contributed by atoms with Gasteiger partial charge in [-0.15, -0.1) is 0 Å². The van der Waals surface area contributed by atoms with Gasteiger partial charge in [-0.05, 0) is 78.7 Å². The number of nitrogens with zero attached hydrogens (tertiary/aromatic N) is 2. The molecule has 5 aliphatic rings. The van der Waals surface area contributed by atoms with Gasteiger partial charge in [-0.1, -0.05) is 13.0 Å². The van der Waals surface area contributed by atoms with E-state index in [4.69, 9.17) is 14.9 Å². The zero-order chi connectivity index (χ0) is 20.0. The minimum absolute atomic E-state index is 0.0660. The van der Waals surface area contributed by atoms with Crippen LogP contribution in [0.15, 0.2) is 24.4 Å². The van der Waals surface area contributed by atoms with E-state index < -0.39 is 0 Å². The topological polar surface area (TPSA) is 83.7 Å². The van der Waals surface area contributed by atoms with Crippen molar-refractivity contribution in [2.75, 3.05) is 6.54 Å². The normalized spacial score (nSPS) is 41.8. The second-order valence-electron chi connectivity index (χ2n) is 10.1. The molecule has 5 saturated carbocycles. The van der Waals surface area contributed by atoms with E-state index in [1.165, 1.54) is 32.1 Å². The molecule has 5 fully saturated rings. The lowest BCUT2D eigenvalue weighted by molar-refractivity contribution is -0.428. The molecule has 2 N–H and O–H groups in total. The number of pyridine rings is 1. The first kappa shape index (κ1) is 17.5. The van der Waals surface area contributed by atoms with Crippen molar-refractivity contribution in [2.45, 2.75) is 44.9 Å². The van der Waals surface area contributed by atoms with Crippen molar-refractivity contribution >= 4 is 18.0 Å². The number of carboxylic acid groups (broad SMARTS) is 1. The van der Waals surface area contributed by atoms with Crippen molar-refractivity contribution < 1.29 is 14.7 Å². The van der Waals surface area contributed by atoms with Crippen molar-refractivity contribution in [2.24, 2.45) is 34.5 Å². The molecule has 2 heterocycles. The molecule has 4 unspecified atom stereocenters. The van der Waals surface area contributed by atoms with Gasteiger partial charge in [-0.3, -0.25) is 14.0 Å². The van der Waals surface area contributed by atoms with E-state index >= 15 is 0 Å². The van der Waals surface area contributed by atoms with Gasteiger partial charge in [0.05, 0.1) is 5.69 Å². The highest BCUT2D eigenvalue weighted by atomic mass is 16.3. The second kappa shape index (κ2) is 5.61. The van der Waals surface area contributed by atoms with Gasteiger partial charge in [0.2, 0.25) is 0 Å². The minimum Gasteiger partial charge on any atom is -0.483 e. The van der Waals surface area contributed by atoms with Gasteiger partial charge in [0.25, 0.3) is 12.4 Å². The molecule has 2 aromatic heterocycles. The predicted octanol–water partition coefficient (Wildman–Crippen LogP) is 3.32. The van der Waals surface area contributed by atoms with Gasteiger partial charge in [-0.2, -0.15) is 0 Å². The SMILES string of the molecule is CC1CC1c1cn2c(C(=O)NCC34CC5CC6CC(C3)C654)cccc2n1.O=CO. The van der Waals surface area contributed by atoms with E-state index in [1.807, 2.05) is 22.6 Å². The number of carbonyl (C=O) groups excluding carboxylic acids is 1. The zero-order valence-corrected chi connectivity index (χ0v) is 16.7. The van der Waals surface area contributed by atoms with Crippen LogP contribution in [-0.4, -0.2) is 33.4 Å². The lowest BCUT2D eigenvalue weighted by Gasteiger charge is -2.91. The highest BCUT2D eigenvalue weighted by molar-refractivity contribution is 5.93. The number of imidazole rings is 1. The minimum atomic E-state index is -0.250. The highest BCUT2D eigenvalue weighted by Gasteiger charge is 2.87. The van der Waals surface area contributed by atoms with Gasteiger partial charge in [0, 0.05) is 18.7 Å². The van der Waals surface area contributed by atoms with Crippen molar-refractivity contribution in [3.8, 4) is 0 Å². The molecule has 0 aromatic carbocycles. The van der Waals surface area contributed by atoms with Crippen molar-refractivity contribution in [3.05, 3.63) is 35.8 Å². The van der Waals surface area contributed by atoms with E-state index in [1.54, 1.807) is 0 Å². The maximum Gasteiger partial charge on any atom is 0.290 e. The van der Waals surface area contributed by atoms with Crippen LogP contribution in [0.4, 0.5) is 0 Å². The maximum absolute atomic E-state index is 13.0. The molecule has 0 aliphatic heterocycles. The summed E-state index contributed by atoms with van der Waals surface area (Å²) in [6, 6.07) is 5.90. The number of amides is 1. The molecule has 5 aliphatic carbocycles. The van der Waals surface area contributed by atoms with Gasteiger partial charge in [0.1, 0.15) is 11.3 Å². The number of carbonyl (C=O) groups is 2. The number of rotatable bonds is 4. The van der Waals surface area contributed by atoms with Crippen molar-refractivity contribution in [3.63, 3.8) is 0 Å². The molecule has 1 amide bonds. The average Bonchev–Trinajstić information content (AvgIpc) is 3.21. The van der Waals surface area contributed by atoms with Crippen LogP contribution >= 0.6 is 0 Å². The lowest BCUT2D eigenvalue weighted by Crippen LogP contribution is -2.86. The monoisotopic (exact) mass is 393 g/mol. The van der Waals surface area contributed by atoms with Gasteiger partial charge in [0.15, 0.2) is 0 Å². The fraction of sp³-hybridized carbons (Fsp3) is 0.609. The molecule has 0 radical (unpaired) electrons. The molecule has 6 heteroatoms. The largest absolute Gasteiger partial charge is 0.483 e. The molecule has 6 nitrogen and oxygen atoms in total. The number of hydrogen-bond donors (Lipinski definition) is 2. The highest BCUT2D eigenvalue weighted by Crippen LogP contribution is 2.92. The van der Waals surface area contributed by atoms with Gasteiger partial charge in [-0.25, -0.2) is 4.98 Å². The summed E-state index contributed by atoms with van der Waals surface area (Å²) in [6.07, 6.45) is 8.98. The van der Waals surface area contributed by atoms with Crippen LogP contribution in [0.3, 0.4) is 0 Å². The van der Waals surface area contributed by atoms with Gasteiger partial charge < -0.3 is 10.4 Å². The summed E-state index contributed by atoms with van der Waals surface area (Å²) >= 11 is 0. The van der Waals surface area contributed by atoms with Crippen molar-refractivity contribution in [1.82, 2.24) is 14.7 Å². The molecular weight excluding hydrogens is 366 g/mol. The number of aromatic nitrogens is 2. The summed E-state index contributed by atoms with van der Waals surface area (Å²) in [5.74, 6) is 4.37. The Balaban J connectivity index is 0.000000522. The Bertz CT molecular complexity index is 1000. The zero-order valence-electron chi connectivity index (χ0n) is 16.7. The summed E-state index contributed by atoms with van der Waals surface area (Å²) in [7, 11) is 0. The van der Waals surface area contributed by atoms with Crippen LogP contribution in [-0.2, 0) is 4.79 Å². The van der Waals surface area contributed by atoms with Crippen LogP contribution in [0.1, 0.15) is 61.1 Å². The van der Waals surface area contributed by atoms with Crippen LogP contribution in [0.5, 0.6) is 0 Å². The Hall–Kier alpha value is -2.37. The molecular formula is C23H27N3O3. The number of nitrogens with one attached hydrogen (secondary N) is 1. The lowest BCUT2D eigenvalue weighted by atomic mass is 9.13. The first-order chi connectivity index (χ1) is 14.0. The van der Waals surface area contributed by atoms with Gasteiger partial charge >= 0.3 is 0 Å². The molecule has 0 bridgehead atoms. The molecule has 0 saturated heterocycles. The third-order valence-corrected chi connectivity index (χ3v) is 9.18. The Labute approximate surface area is 169 Å². The second-order valence-corrected chi connectivity index (χ2v) is 10.1. The summed E-state index contributed by atoms with van der Waals surface area (Å²) < 4.78 is 1.99. The summed E-state index contributed by atoms with van der Waals surface area (Å²) in [4.78, 5) is 26.1. The first-order valence-corrected chi connectivity index (χ1v) is 10.9. The van der Waals surface area contributed by atoms with E-state index in [-0.39, 0.29) is 12.4 Å². The van der Waals surface area contributed by atoms with Crippen LogP contribution in [0.25, 0.3) is 5.65 Å². The van der Waals surface area contributed by atoms with E-state index in [9.17, 15) is 4.79 Å². The Morgan fingerprint density at radius 2 is 1.97 bits per heavy atom. The van der Waals surface area contributed by atoms with Crippen LogP contribution in [0.2, 0.25) is 0 Å². The molecule has 7 rings (SSSR count). The molecule has 4 atom stereocenters. The predicted molar refractivity (Wildman–Crippen MR) is 107 cm³/mol. The third kappa shape index (κ3) is 2.00. The third-order valence-electron chi connectivity index (χ3n) is 9.18. The summed E-state index contributed by atoms with van der Waals surface area (Å²) in [5.41, 5.74) is 3.90. The Morgan fingerprint density at radius 1 is 1.28 bits per heavy atom. The molecule has 29 heavy (non-hydrogen) atoms. The standard InChI is InChI=1S/C22H25N3O.CH2O2/c1-12-5-16(12)17-10-25-18(3-2-4-19(25)24-17)20(26)23-11-21-8-14-6-13-7-15(9-21)22(13,14)21;2-1-3/h2-4,10,12-16H,5-9,11H2,1H3,(H,23,26);1H,(H,2,3). The van der Waals surface area contributed by atoms with E-state index in [2.05, 4.69) is 18.4 Å². The fourth-order valence-corrected chi connectivity index (χ4v) is 7.93. The summed E-state index contributed by atoms with van der Waals surface area (Å²) in [5, 5.41) is 10.2.